The van der Waals surface area contributed by atoms with Crippen LogP contribution in [0.5, 0.6) is 0 Å². The van der Waals surface area contributed by atoms with Gasteiger partial charge >= 0.3 is 0 Å². The van der Waals surface area contributed by atoms with Gasteiger partial charge in [-0.1, -0.05) is 30.3 Å². The minimum absolute atomic E-state index is 0.278. The molecule has 3 heteroatoms. The zero-order chi connectivity index (χ0) is 9.68. The van der Waals surface area contributed by atoms with E-state index in [9.17, 15) is 4.79 Å². The molecule has 0 amide bonds. The number of hydrogen-bond donors (Lipinski definition) is 0. The summed E-state index contributed by atoms with van der Waals surface area (Å²) in [7, 11) is 0. The van der Waals surface area contributed by atoms with Crippen molar-refractivity contribution >= 4 is 22.4 Å². The van der Waals surface area contributed by atoms with Crippen molar-refractivity contribution in [1.29, 1.82) is 5.26 Å². The number of nitriles is 1. The number of carbonyl (C=O) groups is 1. The molecule has 0 saturated heterocycles. The third-order valence-corrected chi connectivity index (χ3v) is 1.57. The molecule has 0 unspecified atom stereocenters. The molecule has 0 aliphatic heterocycles. The average molecular weight is 192 g/mol. The van der Waals surface area contributed by atoms with Crippen LogP contribution in [0.2, 0.25) is 0 Å². The first-order valence-corrected chi connectivity index (χ1v) is 3.98. The van der Waals surface area contributed by atoms with E-state index in [2.05, 4.69) is 0 Å². The van der Waals surface area contributed by atoms with Gasteiger partial charge in [0, 0.05) is 6.08 Å². The Morgan fingerprint density at radius 3 is 2.46 bits per heavy atom. The van der Waals surface area contributed by atoms with E-state index < -0.39 is 5.24 Å². The lowest BCUT2D eigenvalue weighted by molar-refractivity contribution is -0.107. The molecule has 0 spiro atoms. The van der Waals surface area contributed by atoms with E-state index in [1.165, 1.54) is 0 Å². The summed E-state index contributed by atoms with van der Waals surface area (Å²) >= 11 is 5.13. The Balaban J connectivity index is 3.07. The Hall–Kier alpha value is -1.59. The fraction of sp³-hybridized carbons (Fsp3) is 0. The lowest BCUT2D eigenvalue weighted by Crippen LogP contribution is -1.84. The molecule has 0 bridgehead atoms. The van der Waals surface area contributed by atoms with Gasteiger partial charge in [-0.15, -0.1) is 0 Å². The number of benzene rings is 1. The predicted molar refractivity (Wildman–Crippen MR) is 50.9 cm³/mol. The molecule has 0 fully saturated rings. The minimum atomic E-state index is -0.639. The summed E-state index contributed by atoms with van der Waals surface area (Å²) in [5.41, 5.74) is 0.972. The normalized spacial score (nSPS) is 10.6. The standard InChI is InChI=1S/C10H6ClNO/c11-10(13)6-9(7-12)8-4-2-1-3-5-8/h1-6H. The molecule has 64 valence electrons. The molecule has 0 aliphatic rings. The summed E-state index contributed by atoms with van der Waals surface area (Å²) in [5, 5.41) is 8.06. The van der Waals surface area contributed by atoms with E-state index in [0.717, 1.165) is 6.08 Å². The molecule has 0 saturated carbocycles. The van der Waals surface area contributed by atoms with Gasteiger partial charge in [0.2, 0.25) is 5.24 Å². The highest BCUT2D eigenvalue weighted by Gasteiger charge is 2.00. The van der Waals surface area contributed by atoms with Crippen LogP contribution in [0.25, 0.3) is 5.57 Å². The van der Waals surface area contributed by atoms with Crippen LogP contribution in [0.1, 0.15) is 5.56 Å². The summed E-state index contributed by atoms with van der Waals surface area (Å²) in [6, 6.07) is 10.8. The van der Waals surface area contributed by atoms with Crippen molar-refractivity contribution in [2.75, 3.05) is 0 Å². The Kier molecular flexibility index (Phi) is 3.24. The molecule has 1 aromatic carbocycles. The SMILES string of the molecule is N#CC(=CC(=O)Cl)c1ccccc1. The molecule has 0 heterocycles. The van der Waals surface area contributed by atoms with Gasteiger partial charge in [-0.2, -0.15) is 5.26 Å². The van der Waals surface area contributed by atoms with Crippen LogP contribution in [-0.2, 0) is 4.79 Å². The van der Waals surface area contributed by atoms with Crippen LogP contribution in [0.3, 0.4) is 0 Å². The summed E-state index contributed by atoms with van der Waals surface area (Å²) in [4.78, 5) is 10.5. The van der Waals surface area contributed by atoms with Gasteiger partial charge in [-0.25, -0.2) is 0 Å². The van der Waals surface area contributed by atoms with E-state index >= 15 is 0 Å². The van der Waals surface area contributed by atoms with Gasteiger partial charge in [0.15, 0.2) is 0 Å². The highest BCUT2D eigenvalue weighted by atomic mass is 35.5. The second kappa shape index (κ2) is 4.44. The second-order valence-electron chi connectivity index (χ2n) is 2.34. The number of carbonyl (C=O) groups excluding carboxylic acids is 1. The lowest BCUT2D eigenvalue weighted by atomic mass is 10.1. The molecular weight excluding hydrogens is 186 g/mol. The Bertz CT molecular complexity index is 376. The van der Waals surface area contributed by atoms with Gasteiger partial charge < -0.3 is 0 Å². The first-order chi connectivity index (χ1) is 6.24. The zero-order valence-electron chi connectivity index (χ0n) is 6.70. The van der Waals surface area contributed by atoms with Crippen LogP contribution in [-0.4, -0.2) is 5.24 Å². The van der Waals surface area contributed by atoms with E-state index in [4.69, 9.17) is 16.9 Å². The molecule has 0 radical (unpaired) electrons. The second-order valence-corrected chi connectivity index (χ2v) is 2.71. The number of halogens is 1. The minimum Gasteiger partial charge on any atom is -0.276 e. The number of rotatable bonds is 2. The Labute approximate surface area is 81.1 Å². The molecule has 2 nitrogen and oxygen atoms in total. The molecule has 0 N–H and O–H groups in total. The first kappa shape index (κ1) is 9.50. The average Bonchev–Trinajstić information content (AvgIpc) is 2.15. The van der Waals surface area contributed by atoms with Gasteiger partial charge in [0.1, 0.15) is 0 Å². The first-order valence-electron chi connectivity index (χ1n) is 3.60. The maximum atomic E-state index is 10.5. The topological polar surface area (TPSA) is 40.9 Å². The summed E-state index contributed by atoms with van der Waals surface area (Å²) in [6.45, 7) is 0. The van der Waals surface area contributed by atoms with Crippen LogP contribution in [0.15, 0.2) is 36.4 Å². The van der Waals surface area contributed by atoms with E-state index in [1.54, 1.807) is 24.3 Å². The fourth-order valence-electron chi connectivity index (χ4n) is 0.911. The van der Waals surface area contributed by atoms with Gasteiger partial charge in [-0.05, 0) is 17.2 Å². The van der Waals surface area contributed by atoms with Crippen LogP contribution < -0.4 is 0 Å². The fourth-order valence-corrected chi connectivity index (χ4v) is 1.02. The van der Waals surface area contributed by atoms with Crippen molar-refractivity contribution < 1.29 is 4.79 Å². The zero-order valence-corrected chi connectivity index (χ0v) is 7.45. The van der Waals surface area contributed by atoms with Crippen molar-refractivity contribution in [1.82, 2.24) is 0 Å². The van der Waals surface area contributed by atoms with Gasteiger partial charge in [0.05, 0.1) is 11.6 Å². The third kappa shape index (κ3) is 2.73. The smallest absolute Gasteiger partial charge is 0.246 e. The van der Waals surface area contributed by atoms with Gasteiger partial charge in [-0.3, -0.25) is 4.79 Å². The molecule has 0 aromatic heterocycles. The number of hydrogen-bond acceptors (Lipinski definition) is 2. The van der Waals surface area contributed by atoms with Crippen molar-refractivity contribution in [2.45, 2.75) is 0 Å². The van der Waals surface area contributed by atoms with Gasteiger partial charge in [0.25, 0.3) is 0 Å². The van der Waals surface area contributed by atoms with Crippen LogP contribution >= 0.6 is 11.6 Å². The van der Waals surface area contributed by atoms with Crippen molar-refractivity contribution in [3.8, 4) is 6.07 Å². The maximum absolute atomic E-state index is 10.5. The van der Waals surface area contributed by atoms with Crippen LogP contribution in [0.4, 0.5) is 0 Å². The van der Waals surface area contributed by atoms with Crippen LogP contribution in [0, 0.1) is 11.3 Å². The third-order valence-electron chi connectivity index (χ3n) is 1.46. The highest BCUT2D eigenvalue weighted by molar-refractivity contribution is 6.67. The maximum Gasteiger partial charge on any atom is 0.246 e. The Morgan fingerprint density at radius 1 is 1.38 bits per heavy atom. The molecule has 1 rings (SSSR count). The molecule has 0 atom stereocenters. The lowest BCUT2D eigenvalue weighted by Gasteiger charge is -1.95. The van der Waals surface area contributed by atoms with Crippen molar-refractivity contribution in [3.05, 3.63) is 42.0 Å². The summed E-state index contributed by atoms with van der Waals surface area (Å²) < 4.78 is 0. The summed E-state index contributed by atoms with van der Waals surface area (Å²) in [6.07, 6.45) is 1.11. The number of nitrogens with zero attached hydrogens (tertiary/aromatic N) is 1. The molecular formula is C10H6ClNO. The highest BCUT2D eigenvalue weighted by Crippen LogP contribution is 2.12. The van der Waals surface area contributed by atoms with E-state index in [0.29, 0.717) is 5.56 Å². The molecule has 1 aromatic rings. The van der Waals surface area contributed by atoms with Crippen molar-refractivity contribution in [2.24, 2.45) is 0 Å². The Morgan fingerprint density at radius 2 is 2.00 bits per heavy atom. The molecule has 13 heavy (non-hydrogen) atoms. The quantitative estimate of drug-likeness (QED) is 0.409. The monoisotopic (exact) mass is 191 g/mol. The van der Waals surface area contributed by atoms with Crippen molar-refractivity contribution in [3.63, 3.8) is 0 Å². The van der Waals surface area contributed by atoms with E-state index in [-0.39, 0.29) is 5.57 Å². The largest absolute Gasteiger partial charge is 0.276 e. The number of allylic oxidation sites excluding steroid dienone is 2. The summed E-state index contributed by atoms with van der Waals surface area (Å²) in [5.74, 6) is 0. The predicted octanol–water partition coefficient (Wildman–Crippen LogP) is 2.36. The van der Waals surface area contributed by atoms with E-state index in [1.807, 2.05) is 12.1 Å². The molecule has 0 aliphatic carbocycles.